The first kappa shape index (κ1) is 24.0. The lowest BCUT2D eigenvalue weighted by Gasteiger charge is -2.33. The van der Waals surface area contributed by atoms with Crippen LogP contribution >= 0.6 is 11.6 Å². The van der Waals surface area contributed by atoms with Crippen molar-refractivity contribution < 1.29 is 13.9 Å². The molecule has 0 unspecified atom stereocenters. The quantitative estimate of drug-likeness (QED) is 0.465. The van der Waals surface area contributed by atoms with Gasteiger partial charge in [-0.05, 0) is 62.9 Å². The van der Waals surface area contributed by atoms with E-state index < -0.39 is 5.60 Å². The first-order valence-corrected chi connectivity index (χ1v) is 11.7. The molecule has 1 aliphatic heterocycles. The minimum atomic E-state index is -0.506. The summed E-state index contributed by atoms with van der Waals surface area (Å²) >= 11 is 6.44. The number of anilines is 1. The van der Waals surface area contributed by atoms with Gasteiger partial charge in [0.05, 0.1) is 16.9 Å². The largest absolute Gasteiger partial charge is 0.444 e. The van der Waals surface area contributed by atoms with Crippen molar-refractivity contribution in [1.82, 2.24) is 14.9 Å². The van der Waals surface area contributed by atoms with Crippen LogP contribution in [-0.2, 0) is 4.74 Å². The molecule has 0 atom stereocenters. The lowest BCUT2D eigenvalue weighted by molar-refractivity contribution is 0.0210. The molecule has 2 heterocycles. The van der Waals surface area contributed by atoms with Crippen molar-refractivity contribution in [2.75, 3.05) is 18.4 Å². The smallest absolute Gasteiger partial charge is 0.410 e. The molecular weight excluding hydrogens is 455 g/mol. The molecule has 0 bridgehead atoms. The number of rotatable bonds is 4. The Balaban J connectivity index is 1.45. The predicted molar refractivity (Wildman–Crippen MR) is 132 cm³/mol. The van der Waals surface area contributed by atoms with Gasteiger partial charge in [0.1, 0.15) is 11.4 Å². The van der Waals surface area contributed by atoms with Gasteiger partial charge in [0, 0.05) is 24.7 Å². The highest BCUT2D eigenvalue weighted by atomic mass is 35.5. The van der Waals surface area contributed by atoms with Crippen LogP contribution < -0.4 is 5.32 Å². The molecule has 3 aromatic rings. The van der Waals surface area contributed by atoms with E-state index in [1.54, 1.807) is 23.2 Å². The number of hydrogen-bond donors (Lipinski definition) is 1. The number of ether oxygens (including phenoxy) is 1. The third-order valence-electron chi connectivity index (χ3n) is 5.54. The average Bonchev–Trinajstić information content (AvgIpc) is 2.80. The van der Waals surface area contributed by atoms with E-state index in [1.807, 2.05) is 45.0 Å². The summed E-state index contributed by atoms with van der Waals surface area (Å²) in [5.41, 5.74) is 2.80. The van der Waals surface area contributed by atoms with Crippen LogP contribution in [0.3, 0.4) is 0 Å². The van der Waals surface area contributed by atoms with Crippen LogP contribution in [0.2, 0.25) is 5.02 Å². The van der Waals surface area contributed by atoms with Crippen molar-refractivity contribution in [2.45, 2.75) is 45.3 Å². The highest BCUT2D eigenvalue weighted by Gasteiger charge is 2.27. The van der Waals surface area contributed by atoms with E-state index in [0.717, 1.165) is 29.5 Å². The standard InChI is InChI=1S/C26H28ClFN4O2/c1-26(2,3)34-25(33)32-13-11-21(12-14-32)30-24-29-16-22(27)23(31-24)19-6-4-5-18(15-19)17-7-9-20(28)10-8-17/h4-10,15-16,21H,11-14H2,1-3H3,(H,29,30,31). The maximum Gasteiger partial charge on any atom is 0.410 e. The Bertz CT molecular complexity index is 1160. The molecule has 6 nitrogen and oxygen atoms in total. The van der Waals surface area contributed by atoms with Gasteiger partial charge in [-0.1, -0.05) is 41.9 Å². The fourth-order valence-electron chi connectivity index (χ4n) is 3.84. The second-order valence-electron chi connectivity index (χ2n) is 9.36. The zero-order chi connectivity index (χ0) is 24.3. The molecule has 1 fully saturated rings. The molecular formula is C26H28ClFN4O2. The van der Waals surface area contributed by atoms with Crippen LogP contribution in [0.1, 0.15) is 33.6 Å². The van der Waals surface area contributed by atoms with Gasteiger partial charge < -0.3 is 15.0 Å². The zero-order valence-electron chi connectivity index (χ0n) is 19.5. The molecule has 8 heteroatoms. The van der Waals surface area contributed by atoms with Gasteiger partial charge in [0.15, 0.2) is 0 Å². The van der Waals surface area contributed by atoms with Crippen LogP contribution in [0.4, 0.5) is 15.1 Å². The Kier molecular flexibility index (Phi) is 7.03. The predicted octanol–water partition coefficient (Wildman–Crippen LogP) is 6.41. The van der Waals surface area contributed by atoms with Crippen LogP contribution in [0.25, 0.3) is 22.4 Å². The Morgan fingerprint density at radius 3 is 2.44 bits per heavy atom. The molecule has 0 saturated carbocycles. The number of hydrogen-bond acceptors (Lipinski definition) is 5. The van der Waals surface area contributed by atoms with Crippen LogP contribution in [-0.4, -0.2) is 45.7 Å². The second-order valence-corrected chi connectivity index (χ2v) is 9.77. The number of benzene rings is 2. The molecule has 0 aliphatic carbocycles. The molecule has 34 heavy (non-hydrogen) atoms. The maximum atomic E-state index is 13.3. The normalized spacial score (nSPS) is 14.7. The minimum absolute atomic E-state index is 0.137. The van der Waals surface area contributed by atoms with E-state index in [0.29, 0.717) is 29.8 Å². The summed E-state index contributed by atoms with van der Waals surface area (Å²) in [5, 5.41) is 3.82. The summed E-state index contributed by atoms with van der Waals surface area (Å²) in [4.78, 5) is 23.0. The number of likely N-dealkylation sites (tertiary alicyclic amines) is 1. The van der Waals surface area contributed by atoms with Crippen molar-refractivity contribution in [2.24, 2.45) is 0 Å². The summed E-state index contributed by atoms with van der Waals surface area (Å²) < 4.78 is 18.8. The number of carbonyl (C=O) groups is 1. The van der Waals surface area contributed by atoms with E-state index in [4.69, 9.17) is 16.3 Å². The lowest BCUT2D eigenvalue weighted by atomic mass is 10.0. The van der Waals surface area contributed by atoms with E-state index in [1.165, 1.54) is 12.1 Å². The molecule has 1 aliphatic rings. The van der Waals surface area contributed by atoms with Crippen molar-refractivity contribution in [3.8, 4) is 22.4 Å². The molecule has 0 radical (unpaired) electrons. The molecule has 178 valence electrons. The first-order valence-electron chi connectivity index (χ1n) is 11.3. The molecule has 4 rings (SSSR count). The van der Waals surface area contributed by atoms with Gasteiger partial charge in [-0.3, -0.25) is 0 Å². The number of amides is 1. The minimum Gasteiger partial charge on any atom is -0.444 e. The van der Waals surface area contributed by atoms with Gasteiger partial charge in [-0.15, -0.1) is 0 Å². The second kappa shape index (κ2) is 9.97. The molecule has 1 saturated heterocycles. The Morgan fingerprint density at radius 1 is 1.09 bits per heavy atom. The maximum absolute atomic E-state index is 13.3. The number of piperidine rings is 1. The van der Waals surface area contributed by atoms with E-state index in [2.05, 4.69) is 15.3 Å². The SMILES string of the molecule is CC(C)(C)OC(=O)N1CCC(Nc2ncc(Cl)c(-c3cccc(-c4ccc(F)cc4)c3)n2)CC1. The van der Waals surface area contributed by atoms with E-state index >= 15 is 0 Å². The Morgan fingerprint density at radius 2 is 1.76 bits per heavy atom. The summed E-state index contributed by atoms with van der Waals surface area (Å²) in [6, 6.07) is 14.3. The average molecular weight is 483 g/mol. The van der Waals surface area contributed by atoms with E-state index in [-0.39, 0.29) is 18.0 Å². The Hall–Kier alpha value is -3.19. The summed E-state index contributed by atoms with van der Waals surface area (Å²) in [6.45, 7) is 6.80. The topological polar surface area (TPSA) is 67.3 Å². The fraction of sp³-hybridized carbons (Fsp3) is 0.346. The molecule has 0 spiro atoms. The molecule has 1 amide bonds. The van der Waals surface area contributed by atoms with Crippen molar-refractivity contribution in [3.05, 3.63) is 65.6 Å². The third kappa shape index (κ3) is 6.03. The number of halogens is 2. The first-order chi connectivity index (χ1) is 16.2. The van der Waals surface area contributed by atoms with Gasteiger partial charge in [0.2, 0.25) is 5.95 Å². The van der Waals surface area contributed by atoms with Gasteiger partial charge in [-0.25, -0.2) is 19.2 Å². The van der Waals surface area contributed by atoms with E-state index in [9.17, 15) is 9.18 Å². The highest BCUT2D eigenvalue weighted by Crippen LogP contribution is 2.30. The molecule has 2 aromatic carbocycles. The number of carbonyl (C=O) groups excluding carboxylic acids is 1. The van der Waals surface area contributed by atoms with Crippen molar-refractivity contribution >= 4 is 23.6 Å². The lowest BCUT2D eigenvalue weighted by Crippen LogP contribution is -2.44. The van der Waals surface area contributed by atoms with Crippen LogP contribution in [0.5, 0.6) is 0 Å². The molecule has 1 aromatic heterocycles. The molecule has 1 N–H and O–H groups in total. The van der Waals surface area contributed by atoms with Crippen molar-refractivity contribution in [1.29, 1.82) is 0 Å². The summed E-state index contributed by atoms with van der Waals surface area (Å²) in [5.74, 6) is 0.216. The highest BCUT2D eigenvalue weighted by molar-refractivity contribution is 6.32. The summed E-state index contributed by atoms with van der Waals surface area (Å²) in [6.07, 6.45) is 2.84. The summed E-state index contributed by atoms with van der Waals surface area (Å²) in [7, 11) is 0. The fourth-order valence-corrected chi connectivity index (χ4v) is 4.04. The van der Waals surface area contributed by atoms with Crippen LogP contribution in [0.15, 0.2) is 54.7 Å². The van der Waals surface area contributed by atoms with Gasteiger partial charge in [0.25, 0.3) is 0 Å². The number of nitrogens with zero attached hydrogens (tertiary/aromatic N) is 3. The Labute approximate surface area is 204 Å². The van der Waals surface area contributed by atoms with Crippen molar-refractivity contribution in [3.63, 3.8) is 0 Å². The third-order valence-corrected chi connectivity index (χ3v) is 5.81. The number of nitrogens with one attached hydrogen (secondary N) is 1. The monoisotopic (exact) mass is 482 g/mol. The zero-order valence-corrected chi connectivity index (χ0v) is 20.3. The van der Waals surface area contributed by atoms with Crippen LogP contribution in [0, 0.1) is 5.82 Å². The number of aromatic nitrogens is 2. The van der Waals surface area contributed by atoms with Gasteiger partial charge in [-0.2, -0.15) is 0 Å². The van der Waals surface area contributed by atoms with Gasteiger partial charge >= 0.3 is 6.09 Å².